The molecule has 2 heterocycles. The lowest BCUT2D eigenvalue weighted by atomic mass is 10.2. The zero-order chi connectivity index (χ0) is 16.8. The van der Waals surface area contributed by atoms with Gasteiger partial charge in [-0.15, -0.1) is 0 Å². The van der Waals surface area contributed by atoms with Gasteiger partial charge in [0.15, 0.2) is 0 Å². The summed E-state index contributed by atoms with van der Waals surface area (Å²) in [6, 6.07) is 7.89. The molecule has 0 radical (unpaired) electrons. The predicted octanol–water partition coefficient (Wildman–Crippen LogP) is 1.70. The van der Waals surface area contributed by atoms with Crippen LogP contribution in [0.1, 0.15) is 6.42 Å². The van der Waals surface area contributed by atoms with E-state index in [1.165, 1.54) is 0 Å². The fourth-order valence-corrected chi connectivity index (χ4v) is 3.25. The molecule has 2 aromatic rings. The van der Waals surface area contributed by atoms with Gasteiger partial charge in [-0.3, -0.25) is 4.90 Å². The molecule has 1 aromatic heterocycles. The minimum absolute atomic E-state index is 0.249. The van der Waals surface area contributed by atoms with E-state index in [1.54, 1.807) is 0 Å². The van der Waals surface area contributed by atoms with Crippen LogP contribution in [0.5, 0.6) is 0 Å². The number of hydrogen-bond donors (Lipinski definition) is 2. The third-order valence-electron chi connectivity index (χ3n) is 4.40. The van der Waals surface area contributed by atoms with Crippen LogP contribution in [0.3, 0.4) is 0 Å². The van der Waals surface area contributed by atoms with Crippen LogP contribution in [0.4, 0.5) is 5.82 Å². The van der Waals surface area contributed by atoms with Crippen molar-refractivity contribution >= 4 is 28.3 Å². The monoisotopic (exact) mass is 349 g/mol. The number of halogens is 1. The summed E-state index contributed by atoms with van der Waals surface area (Å²) in [5.74, 6) is 0.804. The average Bonchev–Trinajstić information content (AvgIpc) is 2.60. The Labute approximate surface area is 147 Å². The smallest absolute Gasteiger partial charge is 0.224 e. The highest BCUT2D eigenvalue weighted by atomic mass is 35.5. The molecule has 0 aliphatic carbocycles. The molecule has 0 spiro atoms. The molecule has 6 nitrogen and oxygen atoms in total. The summed E-state index contributed by atoms with van der Waals surface area (Å²) in [5.41, 5.74) is 0.861. The zero-order valence-electron chi connectivity index (χ0n) is 13.8. The molecule has 1 saturated heterocycles. The number of nitrogens with zero attached hydrogens (tertiary/aromatic N) is 4. The minimum atomic E-state index is 0.249. The molecule has 0 unspecified atom stereocenters. The molecule has 130 valence electrons. The van der Waals surface area contributed by atoms with Crippen LogP contribution in [-0.2, 0) is 0 Å². The van der Waals surface area contributed by atoms with Crippen molar-refractivity contribution in [2.75, 3.05) is 57.7 Å². The fraction of sp³-hybridized carbons (Fsp3) is 0.529. The van der Waals surface area contributed by atoms with Crippen LogP contribution in [0.15, 0.2) is 24.3 Å². The highest BCUT2D eigenvalue weighted by Gasteiger charge is 2.15. The summed E-state index contributed by atoms with van der Waals surface area (Å²) in [6.07, 6.45) is 1.05. The van der Waals surface area contributed by atoms with E-state index in [0.717, 1.165) is 69.0 Å². The number of benzene rings is 1. The van der Waals surface area contributed by atoms with Crippen LogP contribution >= 0.6 is 11.6 Å². The number of aromatic nitrogens is 2. The largest absolute Gasteiger partial charge is 0.395 e. The number of aliphatic hydroxyl groups is 1. The number of fused-ring (bicyclic) bond motifs is 1. The van der Waals surface area contributed by atoms with Crippen LogP contribution < -0.4 is 5.32 Å². The molecule has 1 aliphatic heterocycles. The van der Waals surface area contributed by atoms with Crippen molar-refractivity contribution in [2.24, 2.45) is 0 Å². The Morgan fingerprint density at radius 3 is 2.50 bits per heavy atom. The first-order valence-corrected chi connectivity index (χ1v) is 8.86. The van der Waals surface area contributed by atoms with Gasteiger partial charge in [-0.2, -0.15) is 0 Å². The van der Waals surface area contributed by atoms with Crippen LogP contribution in [0.25, 0.3) is 10.9 Å². The SMILES string of the molecule is OCCN1CCN(CCCNc2nc(Cl)nc3ccccc23)CC1. The van der Waals surface area contributed by atoms with E-state index >= 15 is 0 Å². The number of para-hydroxylation sites is 1. The summed E-state index contributed by atoms with van der Waals surface area (Å²) in [5, 5.41) is 13.6. The second-order valence-electron chi connectivity index (χ2n) is 6.05. The number of β-amino-alcohol motifs (C(OH)–C–C–N with tert-alkyl or cyclic N) is 1. The van der Waals surface area contributed by atoms with Crippen LogP contribution in [0, 0.1) is 0 Å². The van der Waals surface area contributed by atoms with E-state index < -0.39 is 0 Å². The summed E-state index contributed by atoms with van der Waals surface area (Å²) in [6.45, 7) is 7.19. The summed E-state index contributed by atoms with van der Waals surface area (Å²) >= 11 is 6.00. The molecule has 0 bridgehead atoms. The van der Waals surface area contributed by atoms with Crippen molar-refractivity contribution in [3.8, 4) is 0 Å². The molecule has 1 fully saturated rings. The Hall–Kier alpha value is -1.47. The number of piperazine rings is 1. The maximum atomic E-state index is 8.98. The quantitative estimate of drug-likeness (QED) is 0.586. The molecule has 1 aliphatic rings. The molecule has 2 N–H and O–H groups in total. The Kier molecular flexibility index (Phi) is 6.20. The Bertz CT molecular complexity index is 660. The van der Waals surface area contributed by atoms with Crippen molar-refractivity contribution in [1.29, 1.82) is 0 Å². The number of rotatable bonds is 7. The summed E-state index contributed by atoms with van der Waals surface area (Å²) in [4.78, 5) is 13.3. The highest BCUT2D eigenvalue weighted by molar-refractivity contribution is 6.28. The fourth-order valence-electron chi connectivity index (χ4n) is 3.07. The first kappa shape index (κ1) is 17.4. The molecule has 7 heteroatoms. The zero-order valence-corrected chi connectivity index (χ0v) is 14.5. The predicted molar refractivity (Wildman–Crippen MR) is 97.6 cm³/mol. The second-order valence-corrected chi connectivity index (χ2v) is 6.38. The second kappa shape index (κ2) is 8.58. The molecule has 0 saturated carbocycles. The van der Waals surface area contributed by atoms with Gasteiger partial charge >= 0.3 is 0 Å². The lowest BCUT2D eigenvalue weighted by Crippen LogP contribution is -2.47. The van der Waals surface area contributed by atoms with Gasteiger partial charge in [0.05, 0.1) is 12.1 Å². The van der Waals surface area contributed by atoms with Crippen molar-refractivity contribution in [2.45, 2.75) is 6.42 Å². The van der Waals surface area contributed by atoms with E-state index in [1.807, 2.05) is 24.3 Å². The topological polar surface area (TPSA) is 64.5 Å². The van der Waals surface area contributed by atoms with Crippen LogP contribution in [0.2, 0.25) is 5.28 Å². The lowest BCUT2D eigenvalue weighted by Gasteiger charge is -2.34. The summed E-state index contributed by atoms with van der Waals surface area (Å²) in [7, 11) is 0. The van der Waals surface area contributed by atoms with Crippen molar-refractivity contribution < 1.29 is 5.11 Å². The van der Waals surface area contributed by atoms with E-state index in [2.05, 4.69) is 25.1 Å². The molecule has 0 atom stereocenters. The highest BCUT2D eigenvalue weighted by Crippen LogP contribution is 2.21. The van der Waals surface area contributed by atoms with E-state index in [0.29, 0.717) is 0 Å². The first-order chi connectivity index (χ1) is 11.8. The van der Waals surface area contributed by atoms with Gasteiger partial charge in [-0.05, 0) is 36.7 Å². The number of nitrogens with one attached hydrogen (secondary N) is 1. The van der Waals surface area contributed by atoms with Gasteiger partial charge < -0.3 is 15.3 Å². The third kappa shape index (κ3) is 4.54. The summed E-state index contributed by atoms with van der Waals surface area (Å²) < 4.78 is 0. The number of aliphatic hydroxyl groups excluding tert-OH is 1. The maximum absolute atomic E-state index is 8.98. The van der Waals surface area contributed by atoms with Gasteiger partial charge in [0.1, 0.15) is 5.82 Å². The Morgan fingerprint density at radius 2 is 1.75 bits per heavy atom. The molecule has 3 rings (SSSR count). The average molecular weight is 350 g/mol. The van der Waals surface area contributed by atoms with Gasteiger partial charge in [-0.25, -0.2) is 9.97 Å². The van der Waals surface area contributed by atoms with Crippen molar-refractivity contribution in [1.82, 2.24) is 19.8 Å². The van der Waals surface area contributed by atoms with Crippen molar-refractivity contribution in [3.63, 3.8) is 0 Å². The van der Waals surface area contributed by atoms with E-state index in [9.17, 15) is 0 Å². The van der Waals surface area contributed by atoms with Gasteiger partial charge in [0, 0.05) is 44.7 Å². The Balaban J connectivity index is 1.46. The van der Waals surface area contributed by atoms with Crippen LogP contribution in [-0.4, -0.2) is 77.3 Å². The normalized spacial score (nSPS) is 16.6. The van der Waals surface area contributed by atoms with Gasteiger partial charge in [-0.1, -0.05) is 12.1 Å². The maximum Gasteiger partial charge on any atom is 0.224 e. The van der Waals surface area contributed by atoms with E-state index in [4.69, 9.17) is 16.7 Å². The molecular formula is C17H24ClN5O. The number of anilines is 1. The molecular weight excluding hydrogens is 326 g/mol. The van der Waals surface area contributed by atoms with Crippen molar-refractivity contribution in [3.05, 3.63) is 29.5 Å². The van der Waals surface area contributed by atoms with Gasteiger partial charge in [0.25, 0.3) is 0 Å². The molecule has 1 aromatic carbocycles. The van der Waals surface area contributed by atoms with E-state index in [-0.39, 0.29) is 11.9 Å². The van der Waals surface area contributed by atoms with Gasteiger partial charge in [0.2, 0.25) is 5.28 Å². The standard InChI is InChI=1S/C17H24ClN5O/c18-17-20-15-5-2-1-4-14(15)16(21-17)19-6-3-7-22-8-10-23(11-9-22)12-13-24/h1-2,4-5,24H,3,6-13H2,(H,19,20,21). The Morgan fingerprint density at radius 1 is 1.04 bits per heavy atom. The molecule has 24 heavy (non-hydrogen) atoms. The molecule has 0 amide bonds. The lowest BCUT2D eigenvalue weighted by molar-refractivity contribution is 0.112. The minimum Gasteiger partial charge on any atom is -0.395 e. The third-order valence-corrected chi connectivity index (χ3v) is 4.57. The first-order valence-electron chi connectivity index (χ1n) is 8.48. The number of hydrogen-bond acceptors (Lipinski definition) is 6.